The Morgan fingerprint density at radius 2 is 1.21 bits per heavy atom. The minimum Gasteiger partial charge on any atom is -0.361 e. The van der Waals surface area contributed by atoms with E-state index in [1.54, 1.807) is 0 Å². The summed E-state index contributed by atoms with van der Waals surface area (Å²) in [5.74, 6) is 8.27. The Balaban J connectivity index is 2.26. The number of nitrogens with zero attached hydrogens (tertiary/aromatic N) is 3. The fourth-order valence-electron chi connectivity index (χ4n) is 3.73. The molecular weight excluding hydrogens is 342 g/mol. The van der Waals surface area contributed by atoms with Crippen molar-refractivity contribution in [3.8, 4) is 37.0 Å². The Labute approximate surface area is 167 Å². The molecule has 0 aliphatic heterocycles. The Morgan fingerprint density at radius 1 is 0.750 bits per heavy atom. The average molecular weight is 367 g/mol. The lowest BCUT2D eigenvalue weighted by molar-refractivity contribution is 0.911. The largest absolute Gasteiger partial charge is 0.361 e. The number of fused-ring (bicyclic) bond motifs is 3. The molecule has 0 saturated carbocycles. The first kappa shape index (κ1) is 19.3. The van der Waals surface area contributed by atoms with E-state index in [0.717, 1.165) is 35.5 Å². The molecule has 2 aromatic carbocycles. The van der Waals surface area contributed by atoms with Gasteiger partial charge in [0.25, 0.3) is 0 Å². The van der Waals surface area contributed by atoms with Crippen LogP contribution < -0.4 is 9.80 Å². The van der Waals surface area contributed by atoms with Gasteiger partial charge in [0, 0.05) is 35.2 Å². The highest BCUT2D eigenvalue weighted by atomic mass is 15.1. The molecule has 0 atom stereocenters. The highest BCUT2D eigenvalue weighted by molar-refractivity contribution is 6.10. The summed E-state index contributed by atoms with van der Waals surface area (Å²) in [7, 11) is 0. The standard InChI is InChI=1S/C25H25N3/c1-6-15-26(9-4)20-11-13-24-22(18-20)23-19-21(27(10-5)16-7-2)12-14-25(23)28(24)17-8-3/h1-3,11-14,18-19H,9-10,15-17H2,4-5H3. The van der Waals surface area contributed by atoms with Crippen molar-refractivity contribution in [2.75, 3.05) is 36.0 Å². The van der Waals surface area contributed by atoms with E-state index < -0.39 is 0 Å². The third kappa shape index (κ3) is 3.38. The molecule has 0 amide bonds. The van der Waals surface area contributed by atoms with E-state index in [0.29, 0.717) is 19.6 Å². The molecule has 0 spiro atoms. The van der Waals surface area contributed by atoms with Crippen LogP contribution in [0.3, 0.4) is 0 Å². The van der Waals surface area contributed by atoms with E-state index in [9.17, 15) is 0 Å². The van der Waals surface area contributed by atoms with Gasteiger partial charge in [-0.15, -0.1) is 19.3 Å². The van der Waals surface area contributed by atoms with Crippen molar-refractivity contribution >= 4 is 33.2 Å². The lowest BCUT2D eigenvalue weighted by Gasteiger charge is -2.21. The van der Waals surface area contributed by atoms with Crippen LogP contribution in [0.25, 0.3) is 21.8 Å². The zero-order valence-corrected chi connectivity index (χ0v) is 16.6. The van der Waals surface area contributed by atoms with E-state index in [4.69, 9.17) is 19.3 Å². The molecule has 0 aliphatic rings. The molecule has 0 saturated heterocycles. The SMILES string of the molecule is C#CCN(CC)c1ccc2c(c1)c1cc(N(CC)CC#C)ccc1n2CC#C. The number of aromatic nitrogens is 1. The number of benzene rings is 2. The quantitative estimate of drug-likeness (QED) is 0.575. The van der Waals surface area contributed by atoms with Gasteiger partial charge >= 0.3 is 0 Å². The molecule has 3 aromatic rings. The first-order valence-corrected chi connectivity index (χ1v) is 9.54. The van der Waals surface area contributed by atoms with Gasteiger partial charge in [-0.05, 0) is 50.2 Å². The van der Waals surface area contributed by atoms with Gasteiger partial charge < -0.3 is 14.4 Å². The van der Waals surface area contributed by atoms with Crippen molar-refractivity contribution in [1.29, 1.82) is 0 Å². The third-order valence-electron chi connectivity index (χ3n) is 5.14. The van der Waals surface area contributed by atoms with Crippen molar-refractivity contribution in [3.05, 3.63) is 36.4 Å². The Hall–Kier alpha value is -3.48. The van der Waals surface area contributed by atoms with Crippen LogP contribution in [0.2, 0.25) is 0 Å². The van der Waals surface area contributed by atoms with Crippen LogP contribution >= 0.6 is 0 Å². The third-order valence-corrected chi connectivity index (χ3v) is 5.14. The molecule has 1 aromatic heterocycles. The summed E-state index contributed by atoms with van der Waals surface area (Å²) >= 11 is 0. The summed E-state index contributed by atoms with van der Waals surface area (Å²) in [5, 5.41) is 2.36. The van der Waals surface area contributed by atoms with Crippen molar-refractivity contribution in [2.24, 2.45) is 0 Å². The summed E-state index contributed by atoms with van der Waals surface area (Å²) < 4.78 is 2.19. The minimum atomic E-state index is 0.530. The second kappa shape index (κ2) is 8.47. The molecule has 1 heterocycles. The molecule has 0 N–H and O–H groups in total. The monoisotopic (exact) mass is 367 g/mol. The molecule has 3 rings (SSSR count). The summed E-state index contributed by atoms with van der Waals surface area (Å²) in [6, 6.07) is 12.9. The normalized spacial score (nSPS) is 10.4. The van der Waals surface area contributed by atoms with Crippen LogP contribution in [-0.2, 0) is 6.54 Å². The lowest BCUT2D eigenvalue weighted by atomic mass is 10.1. The minimum absolute atomic E-state index is 0.530. The summed E-state index contributed by atoms with van der Waals surface area (Å²) in [6.07, 6.45) is 16.7. The lowest BCUT2D eigenvalue weighted by Crippen LogP contribution is -2.22. The summed E-state index contributed by atoms with van der Waals surface area (Å²) in [4.78, 5) is 4.37. The van der Waals surface area contributed by atoms with Gasteiger partial charge in [-0.25, -0.2) is 0 Å². The maximum absolute atomic E-state index is 5.65. The van der Waals surface area contributed by atoms with Crippen LogP contribution in [0.1, 0.15) is 13.8 Å². The zero-order valence-electron chi connectivity index (χ0n) is 16.6. The van der Waals surface area contributed by atoms with E-state index in [2.05, 4.69) is 82.4 Å². The molecular formula is C25H25N3. The van der Waals surface area contributed by atoms with Gasteiger partial charge in [0.05, 0.1) is 30.7 Å². The van der Waals surface area contributed by atoms with Crippen molar-refractivity contribution in [3.63, 3.8) is 0 Å². The Kier molecular flexibility index (Phi) is 5.84. The molecule has 28 heavy (non-hydrogen) atoms. The Morgan fingerprint density at radius 3 is 1.57 bits per heavy atom. The van der Waals surface area contributed by atoms with Gasteiger partial charge in [-0.2, -0.15) is 0 Å². The molecule has 0 bridgehead atoms. The smallest absolute Gasteiger partial charge is 0.0841 e. The zero-order chi connectivity index (χ0) is 20.1. The van der Waals surface area contributed by atoms with Gasteiger partial charge in [0.2, 0.25) is 0 Å². The number of rotatable bonds is 7. The fourth-order valence-corrected chi connectivity index (χ4v) is 3.73. The second-order valence-electron chi connectivity index (χ2n) is 6.63. The first-order chi connectivity index (χ1) is 13.7. The Bertz CT molecular complexity index is 1030. The summed E-state index contributed by atoms with van der Waals surface area (Å²) in [5.41, 5.74) is 4.50. The van der Waals surface area contributed by atoms with Crippen LogP contribution in [0.15, 0.2) is 36.4 Å². The molecule has 0 fully saturated rings. The molecule has 3 nitrogen and oxygen atoms in total. The molecule has 0 radical (unpaired) electrons. The van der Waals surface area contributed by atoms with Gasteiger partial charge in [0.1, 0.15) is 0 Å². The maximum atomic E-state index is 5.65. The van der Waals surface area contributed by atoms with Crippen molar-refractivity contribution in [1.82, 2.24) is 4.57 Å². The fraction of sp³-hybridized carbons (Fsp3) is 0.280. The number of hydrogen-bond donors (Lipinski definition) is 0. The van der Waals surface area contributed by atoms with E-state index >= 15 is 0 Å². The number of terminal acetylenes is 3. The highest BCUT2D eigenvalue weighted by Crippen LogP contribution is 2.34. The van der Waals surface area contributed by atoms with Crippen LogP contribution in [0, 0.1) is 37.0 Å². The van der Waals surface area contributed by atoms with Crippen molar-refractivity contribution in [2.45, 2.75) is 20.4 Å². The predicted octanol–water partition coefficient (Wildman–Crippen LogP) is 4.35. The first-order valence-electron chi connectivity index (χ1n) is 9.54. The molecule has 140 valence electrons. The maximum Gasteiger partial charge on any atom is 0.0841 e. The van der Waals surface area contributed by atoms with Crippen LogP contribution in [-0.4, -0.2) is 30.7 Å². The number of hydrogen-bond acceptors (Lipinski definition) is 2. The molecule has 0 aliphatic carbocycles. The number of anilines is 2. The van der Waals surface area contributed by atoms with Gasteiger partial charge in [-0.3, -0.25) is 0 Å². The average Bonchev–Trinajstić information content (AvgIpc) is 3.03. The van der Waals surface area contributed by atoms with Crippen molar-refractivity contribution < 1.29 is 0 Å². The highest BCUT2D eigenvalue weighted by Gasteiger charge is 2.14. The van der Waals surface area contributed by atoms with E-state index in [-0.39, 0.29) is 0 Å². The topological polar surface area (TPSA) is 11.4 Å². The van der Waals surface area contributed by atoms with Gasteiger partial charge in [0.15, 0.2) is 0 Å². The second-order valence-corrected chi connectivity index (χ2v) is 6.63. The molecule has 3 heteroatoms. The predicted molar refractivity (Wildman–Crippen MR) is 122 cm³/mol. The van der Waals surface area contributed by atoms with Crippen LogP contribution in [0.4, 0.5) is 11.4 Å². The van der Waals surface area contributed by atoms with Gasteiger partial charge in [-0.1, -0.05) is 17.8 Å². The molecule has 0 unspecified atom stereocenters. The van der Waals surface area contributed by atoms with E-state index in [1.807, 2.05) is 0 Å². The van der Waals surface area contributed by atoms with E-state index in [1.165, 1.54) is 10.8 Å². The van der Waals surface area contributed by atoms with Crippen LogP contribution in [0.5, 0.6) is 0 Å². The summed E-state index contributed by atoms with van der Waals surface area (Å²) in [6.45, 7) is 7.64.